The molecule has 0 aliphatic heterocycles. The third kappa shape index (κ3) is 2.99. The highest BCUT2D eigenvalue weighted by molar-refractivity contribution is 6.15. The summed E-state index contributed by atoms with van der Waals surface area (Å²) < 4.78 is 0. The fourth-order valence-corrected chi connectivity index (χ4v) is 4.92. The van der Waals surface area contributed by atoms with Gasteiger partial charge in [0.2, 0.25) is 0 Å². The molecule has 0 saturated heterocycles. The molecule has 0 N–H and O–H groups in total. The van der Waals surface area contributed by atoms with Crippen LogP contribution in [0.15, 0.2) is 109 Å². The van der Waals surface area contributed by atoms with Crippen molar-refractivity contribution in [3.63, 3.8) is 0 Å². The lowest BCUT2D eigenvalue weighted by atomic mass is 9.87. The van der Waals surface area contributed by atoms with Crippen LogP contribution < -0.4 is 0 Å². The quantitative estimate of drug-likeness (QED) is 0.270. The molecule has 6 rings (SSSR count). The van der Waals surface area contributed by atoms with E-state index in [4.69, 9.17) is 0 Å². The first-order valence-corrected chi connectivity index (χ1v) is 11.2. The molecule has 0 spiro atoms. The Hall–Kier alpha value is -3.90. The van der Waals surface area contributed by atoms with Gasteiger partial charge in [-0.3, -0.25) is 0 Å². The molecule has 0 bridgehead atoms. The van der Waals surface area contributed by atoms with Gasteiger partial charge in [0.1, 0.15) is 0 Å². The smallest absolute Gasteiger partial charge is 0.00141 e. The minimum absolute atomic E-state index is 1.25. The van der Waals surface area contributed by atoms with Crippen LogP contribution in [0.2, 0.25) is 0 Å². The van der Waals surface area contributed by atoms with Crippen LogP contribution in [-0.4, -0.2) is 0 Å². The predicted octanol–water partition coefficient (Wildman–Crippen LogP) is 8.44. The minimum atomic E-state index is 1.25. The zero-order valence-corrected chi connectivity index (χ0v) is 18.4. The van der Waals surface area contributed by atoms with Crippen molar-refractivity contribution in [2.75, 3.05) is 0 Å². The summed E-state index contributed by atoms with van der Waals surface area (Å²) in [6, 6.07) is 40.2. The molecule has 0 unspecified atom stereocenters. The largest absolute Gasteiger partial charge is 0.0616 e. The standard InChI is InChI=1S/C32H24/c1-21-11-15-23(16-12-21)31(24-17-13-22(2)14-18-24)32-28-10-6-5-9-27(28)29-19-25-7-3-4-8-26(25)20-30(29)32/h3-20H,1-2H3. The van der Waals surface area contributed by atoms with Crippen molar-refractivity contribution in [1.82, 2.24) is 0 Å². The fraction of sp³-hybridized carbons (Fsp3) is 0.0625. The fourth-order valence-electron chi connectivity index (χ4n) is 4.92. The molecule has 0 atom stereocenters. The van der Waals surface area contributed by atoms with Gasteiger partial charge in [0.15, 0.2) is 0 Å². The van der Waals surface area contributed by atoms with Crippen molar-refractivity contribution in [2.24, 2.45) is 0 Å². The number of benzene rings is 5. The van der Waals surface area contributed by atoms with E-state index in [0.29, 0.717) is 0 Å². The second kappa shape index (κ2) is 7.35. The second-order valence-electron chi connectivity index (χ2n) is 8.77. The number of rotatable bonds is 2. The van der Waals surface area contributed by atoms with E-state index in [-0.39, 0.29) is 0 Å². The Kier molecular flexibility index (Phi) is 4.33. The Balaban J connectivity index is 1.76. The zero-order chi connectivity index (χ0) is 21.7. The van der Waals surface area contributed by atoms with E-state index in [2.05, 4.69) is 123 Å². The van der Waals surface area contributed by atoms with Crippen LogP contribution in [0.1, 0.15) is 33.4 Å². The lowest BCUT2D eigenvalue weighted by Crippen LogP contribution is -1.95. The van der Waals surface area contributed by atoms with E-state index in [1.165, 1.54) is 66.4 Å². The van der Waals surface area contributed by atoms with Crippen molar-refractivity contribution < 1.29 is 0 Å². The molecule has 152 valence electrons. The van der Waals surface area contributed by atoms with Crippen LogP contribution in [0.5, 0.6) is 0 Å². The van der Waals surface area contributed by atoms with Crippen LogP contribution in [-0.2, 0) is 0 Å². The molecule has 0 fully saturated rings. The summed E-state index contributed by atoms with van der Waals surface area (Å²) >= 11 is 0. The van der Waals surface area contributed by atoms with Gasteiger partial charge < -0.3 is 0 Å². The van der Waals surface area contributed by atoms with Crippen molar-refractivity contribution >= 4 is 21.9 Å². The first-order chi connectivity index (χ1) is 15.7. The summed E-state index contributed by atoms with van der Waals surface area (Å²) in [5.74, 6) is 0. The average molecular weight is 409 g/mol. The van der Waals surface area contributed by atoms with Crippen molar-refractivity contribution in [3.05, 3.63) is 143 Å². The van der Waals surface area contributed by atoms with E-state index in [1.54, 1.807) is 0 Å². The molecule has 0 heteroatoms. The third-order valence-corrected chi connectivity index (χ3v) is 6.57. The molecule has 0 heterocycles. The number of fused-ring (bicyclic) bond motifs is 4. The molecule has 5 aromatic rings. The van der Waals surface area contributed by atoms with Gasteiger partial charge >= 0.3 is 0 Å². The topological polar surface area (TPSA) is 0 Å². The first kappa shape index (κ1) is 18.8. The maximum absolute atomic E-state index is 2.38. The van der Waals surface area contributed by atoms with Crippen LogP contribution >= 0.6 is 0 Å². The van der Waals surface area contributed by atoms with Crippen molar-refractivity contribution in [3.8, 4) is 11.1 Å². The van der Waals surface area contributed by atoms with E-state index < -0.39 is 0 Å². The van der Waals surface area contributed by atoms with Crippen LogP contribution in [0, 0.1) is 13.8 Å². The Labute approximate surface area is 189 Å². The van der Waals surface area contributed by atoms with Crippen molar-refractivity contribution in [2.45, 2.75) is 13.8 Å². The summed E-state index contributed by atoms with van der Waals surface area (Å²) in [6.45, 7) is 4.30. The van der Waals surface area contributed by atoms with Gasteiger partial charge in [-0.25, -0.2) is 0 Å². The van der Waals surface area contributed by atoms with E-state index in [1.807, 2.05) is 0 Å². The van der Waals surface area contributed by atoms with Crippen LogP contribution in [0.25, 0.3) is 33.0 Å². The maximum Gasteiger partial charge on any atom is -0.00141 e. The molecule has 5 aromatic carbocycles. The molecule has 0 nitrogen and oxygen atoms in total. The molecule has 0 saturated carbocycles. The Morgan fingerprint density at radius 3 is 1.47 bits per heavy atom. The summed E-state index contributed by atoms with van der Waals surface area (Å²) in [4.78, 5) is 0. The monoisotopic (exact) mass is 408 g/mol. The van der Waals surface area contributed by atoms with Gasteiger partial charge in [0, 0.05) is 0 Å². The molecule has 32 heavy (non-hydrogen) atoms. The molecule has 1 aliphatic carbocycles. The lowest BCUT2D eigenvalue weighted by Gasteiger charge is -2.16. The second-order valence-corrected chi connectivity index (χ2v) is 8.77. The molecule has 0 radical (unpaired) electrons. The number of aryl methyl sites for hydroxylation is 2. The Bertz CT molecular complexity index is 1450. The summed E-state index contributed by atoms with van der Waals surface area (Å²) in [5.41, 5.74) is 13.0. The third-order valence-electron chi connectivity index (χ3n) is 6.57. The zero-order valence-electron chi connectivity index (χ0n) is 18.4. The van der Waals surface area contributed by atoms with Gasteiger partial charge in [0.25, 0.3) is 0 Å². The molecule has 0 amide bonds. The normalized spacial score (nSPS) is 12.0. The molecular formula is C32H24. The van der Waals surface area contributed by atoms with E-state index >= 15 is 0 Å². The highest BCUT2D eigenvalue weighted by atomic mass is 14.3. The van der Waals surface area contributed by atoms with Gasteiger partial charge in [-0.15, -0.1) is 0 Å². The van der Waals surface area contributed by atoms with E-state index in [9.17, 15) is 0 Å². The minimum Gasteiger partial charge on any atom is -0.0616 e. The highest BCUT2D eigenvalue weighted by Crippen LogP contribution is 2.50. The number of hydrogen-bond acceptors (Lipinski definition) is 0. The van der Waals surface area contributed by atoms with E-state index in [0.717, 1.165) is 0 Å². The average Bonchev–Trinajstić information content (AvgIpc) is 3.13. The van der Waals surface area contributed by atoms with Gasteiger partial charge in [-0.2, -0.15) is 0 Å². The summed E-state index contributed by atoms with van der Waals surface area (Å²) in [5, 5.41) is 2.57. The Morgan fingerprint density at radius 1 is 0.438 bits per heavy atom. The first-order valence-electron chi connectivity index (χ1n) is 11.2. The Morgan fingerprint density at radius 2 is 0.906 bits per heavy atom. The molecule has 0 aromatic heterocycles. The SMILES string of the molecule is Cc1ccc(C(=C2c3ccccc3-c3cc4ccccc4cc32)c2ccc(C)cc2)cc1. The predicted molar refractivity (Wildman–Crippen MR) is 137 cm³/mol. The lowest BCUT2D eigenvalue weighted by molar-refractivity contribution is 1.42. The molecular weight excluding hydrogens is 384 g/mol. The van der Waals surface area contributed by atoms with Gasteiger partial charge in [0.05, 0.1) is 0 Å². The van der Waals surface area contributed by atoms with Crippen LogP contribution in [0.3, 0.4) is 0 Å². The summed E-state index contributed by atoms with van der Waals surface area (Å²) in [6.07, 6.45) is 0. The van der Waals surface area contributed by atoms with Crippen molar-refractivity contribution in [1.29, 1.82) is 0 Å². The molecule has 1 aliphatic rings. The maximum atomic E-state index is 2.38. The highest BCUT2D eigenvalue weighted by Gasteiger charge is 2.27. The van der Waals surface area contributed by atoms with Gasteiger partial charge in [-0.1, -0.05) is 108 Å². The van der Waals surface area contributed by atoms with Crippen LogP contribution in [0.4, 0.5) is 0 Å². The number of hydrogen-bond donors (Lipinski definition) is 0. The summed E-state index contributed by atoms with van der Waals surface area (Å²) in [7, 11) is 0. The van der Waals surface area contributed by atoms with Gasteiger partial charge in [-0.05, 0) is 81.3 Å².